The maximum absolute atomic E-state index is 10.4. The maximum Gasteiger partial charge on any atom is 0.124 e. The van der Waals surface area contributed by atoms with Crippen LogP contribution in [0.4, 0.5) is 11.4 Å². The number of aliphatic imine (C=N–C) groups is 2. The van der Waals surface area contributed by atoms with Crippen molar-refractivity contribution in [3.63, 3.8) is 0 Å². The molecule has 0 heterocycles. The van der Waals surface area contributed by atoms with Crippen LogP contribution >= 0.6 is 0 Å². The number of aromatic hydroxyl groups is 2. The number of benzene rings is 5. The SMILES string of the molecule is Cc1ccc(N=Cc2c(O)ccc3ccccc23)cc1N=Cc1c(O)ccc2ccccc12. The van der Waals surface area contributed by atoms with E-state index in [0.717, 1.165) is 38.5 Å². The molecule has 0 unspecified atom stereocenters. The van der Waals surface area contributed by atoms with Crippen molar-refractivity contribution in [2.75, 3.05) is 0 Å². The number of hydrogen-bond acceptors (Lipinski definition) is 4. The van der Waals surface area contributed by atoms with Gasteiger partial charge in [-0.05, 0) is 58.3 Å². The van der Waals surface area contributed by atoms with Crippen LogP contribution in [0.5, 0.6) is 11.5 Å². The summed E-state index contributed by atoms with van der Waals surface area (Å²) < 4.78 is 0. The predicted molar refractivity (Wildman–Crippen MR) is 137 cm³/mol. The Kier molecular flexibility index (Phi) is 5.33. The number of aryl methyl sites for hydroxylation is 1. The summed E-state index contributed by atoms with van der Waals surface area (Å²) in [7, 11) is 0. The zero-order valence-corrected chi connectivity index (χ0v) is 18.1. The van der Waals surface area contributed by atoms with E-state index < -0.39 is 0 Å². The molecule has 5 aromatic carbocycles. The third kappa shape index (κ3) is 4.06. The quantitative estimate of drug-likeness (QED) is 0.296. The van der Waals surface area contributed by atoms with Gasteiger partial charge in [-0.2, -0.15) is 0 Å². The van der Waals surface area contributed by atoms with E-state index >= 15 is 0 Å². The van der Waals surface area contributed by atoms with Crippen molar-refractivity contribution in [3.05, 3.63) is 108 Å². The molecule has 4 nitrogen and oxygen atoms in total. The lowest BCUT2D eigenvalue weighted by Gasteiger charge is -2.06. The van der Waals surface area contributed by atoms with Crippen molar-refractivity contribution >= 4 is 45.3 Å². The normalized spacial score (nSPS) is 11.8. The van der Waals surface area contributed by atoms with Gasteiger partial charge in [-0.1, -0.05) is 66.7 Å². The van der Waals surface area contributed by atoms with Gasteiger partial charge in [0.15, 0.2) is 0 Å². The minimum absolute atomic E-state index is 0.189. The second-order valence-corrected chi connectivity index (χ2v) is 7.93. The van der Waals surface area contributed by atoms with Crippen LogP contribution in [-0.2, 0) is 0 Å². The Morgan fingerprint density at radius 1 is 0.606 bits per heavy atom. The second kappa shape index (κ2) is 8.60. The number of phenols is 2. The Hall–Kier alpha value is -4.44. The highest BCUT2D eigenvalue weighted by molar-refractivity contribution is 6.04. The molecule has 0 saturated heterocycles. The van der Waals surface area contributed by atoms with Crippen molar-refractivity contribution in [1.29, 1.82) is 0 Å². The van der Waals surface area contributed by atoms with Crippen molar-refractivity contribution in [2.24, 2.45) is 9.98 Å². The van der Waals surface area contributed by atoms with Gasteiger partial charge in [0, 0.05) is 23.6 Å². The molecule has 0 amide bonds. The van der Waals surface area contributed by atoms with Crippen LogP contribution in [0, 0.1) is 6.92 Å². The Bertz CT molecular complexity index is 1550. The van der Waals surface area contributed by atoms with Gasteiger partial charge in [0.25, 0.3) is 0 Å². The minimum atomic E-state index is 0.189. The number of fused-ring (bicyclic) bond motifs is 2. The largest absolute Gasteiger partial charge is 0.507 e. The van der Waals surface area contributed by atoms with Crippen LogP contribution in [0.15, 0.2) is 101 Å². The van der Waals surface area contributed by atoms with E-state index in [4.69, 9.17) is 0 Å². The molecular formula is C29H22N2O2. The lowest BCUT2D eigenvalue weighted by molar-refractivity contribution is 0.475. The molecule has 0 aromatic heterocycles. The van der Waals surface area contributed by atoms with Crippen LogP contribution in [0.2, 0.25) is 0 Å². The molecule has 0 saturated carbocycles. The van der Waals surface area contributed by atoms with Gasteiger partial charge in [-0.25, -0.2) is 0 Å². The lowest BCUT2D eigenvalue weighted by atomic mass is 10.0. The van der Waals surface area contributed by atoms with E-state index in [-0.39, 0.29) is 11.5 Å². The van der Waals surface area contributed by atoms with Crippen LogP contribution < -0.4 is 0 Å². The standard InChI is InChI=1S/C29H22N2O2/c1-19-10-13-22(30-17-25-23-8-4-2-6-20(23)11-14-28(25)32)16-27(19)31-18-26-24-9-5-3-7-21(24)12-15-29(26)33/h2-18,32-33H,1H3. The van der Waals surface area contributed by atoms with Gasteiger partial charge in [-0.15, -0.1) is 0 Å². The monoisotopic (exact) mass is 430 g/mol. The molecule has 5 rings (SSSR count). The van der Waals surface area contributed by atoms with E-state index in [0.29, 0.717) is 11.1 Å². The second-order valence-electron chi connectivity index (χ2n) is 7.93. The lowest BCUT2D eigenvalue weighted by Crippen LogP contribution is -1.87. The van der Waals surface area contributed by atoms with E-state index in [1.807, 2.05) is 85.8 Å². The fourth-order valence-corrected chi connectivity index (χ4v) is 3.93. The van der Waals surface area contributed by atoms with Gasteiger partial charge in [0.2, 0.25) is 0 Å². The molecular weight excluding hydrogens is 408 g/mol. The molecule has 33 heavy (non-hydrogen) atoms. The highest BCUT2D eigenvalue weighted by Gasteiger charge is 2.07. The van der Waals surface area contributed by atoms with E-state index in [1.54, 1.807) is 24.6 Å². The fraction of sp³-hybridized carbons (Fsp3) is 0.0345. The molecule has 5 aromatic rings. The van der Waals surface area contributed by atoms with Crippen molar-refractivity contribution in [2.45, 2.75) is 6.92 Å². The third-order valence-corrected chi connectivity index (χ3v) is 5.76. The van der Waals surface area contributed by atoms with Gasteiger partial charge < -0.3 is 10.2 Å². The van der Waals surface area contributed by atoms with E-state index in [2.05, 4.69) is 9.98 Å². The highest BCUT2D eigenvalue weighted by atomic mass is 16.3. The number of phenolic OH excluding ortho intramolecular Hbond substituents is 2. The minimum Gasteiger partial charge on any atom is -0.507 e. The molecule has 0 spiro atoms. The Morgan fingerprint density at radius 3 is 1.76 bits per heavy atom. The van der Waals surface area contributed by atoms with Crippen LogP contribution in [0.3, 0.4) is 0 Å². The van der Waals surface area contributed by atoms with Crippen LogP contribution in [0.25, 0.3) is 21.5 Å². The summed E-state index contributed by atoms with van der Waals surface area (Å²) in [4.78, 5) is 9.27. The topological polar surface area (TPSA) is 65.2 Å². The molecule has 2 N–H and O–H groups in total. The first-order valence-corrected chi connectivity index (χ1v) is 10.7. The summed E-state index contributed by atoms with van der Waals surface area (Å²) in [6.07, 6.45) is 3.39. The van der Waals surface area contributed by atoms with Gasteiger partial charge in [0.1, 0.15) is 11.5 Å². The summed E-state index contributed by atoms with van der Waals surface area (Å²) >= 11 is 0. The molecule has 4 heteroatoms. The number of nitrogens with zero attached hydrogens (tertiary/aromatic N) is 2. The zero-order chi connectivity index (χ0) is 22.8. The average Bonchev–Trinajstić information content (AvgIpc) is 2.84. The molecule has 0 aliphatic rings. The van der Waals surface area contributed by atoms with Gasteiger partial charge in [-0.3, -0.25) is 9.98 Å². The van der Waals surface area contributed by atoms with E-state index in [9.17, 15) is 10.2 Å². The molecule has 0 radical (unpaired) electrons. The van der Waals surface area contributed by atoms with Crippen LogP contribution in [-0.4, -0.2) is 22.6 Å². The van der Waals surface area contributed by atoms with E-state index in [1.165, 1.54) is 0 Å². The van der Waals surface area contributed by atoms with Gasteiger partial charge in [0.05, 0.1) is 11.4 Å². The first-order chi connectivity index (χ1) is 16.1. The summed E-state index contributed by atoms with van der Waals surface area (Å²) in [5, 5.41) is 24.7. The fourth-order valence-electron chi connectivity index (χ4n) is 3.93. The molecule has 0 bridgehead atoms. The Morgan fingerprint density at radius 2 is 1.15 bits per heavy atom. The van der Waals surface area contributed by atoms with Crippen LogP contribution in [0.1, 0.15) is 16.7 Å². The Balaban J connectivity index is 1.50. The third-order valence-electron chi connectivity index (χ3n) is 5.76. The smallest absolute Gasteiger partial charge is 0.124 e. The average molecular weight is 431 g/mol. The van der Waals surface area contributed by atoms with Crippen molar-refractivity contribution in [3.8, 4) is 11.5 Å². The summed E-state index contributed by atoms with van der Waals surface area (Å²) in [5.41, 5.74) is 3.85. The summed E-state index contributed by atoms with van der Waals surface area (Å²) in [6.45, 7) is 1.99. The molecule has 0 atom stereocenters. The zero-order valence-electron chi connectivity index (χ0n) is 18.1. The number of hydrogen-bond donors (Lipinski definition) is 2. The molecule has 160 valence electrons. The predicted octanol–water partition coefficient (Wildman–Crippen LogP) is 7.21. The molecule has 0 aliphatic heterocycles. The molecule has 0 aliphatic carbocycles. The number of rotatable bonds is 4. The summed E-state index contributed by atoms with van der Waals surface area (Å²) in [5.74, 6) is 0.380. The van der Waals surface area contributed by atoms with Crippen molar-refractivity contribution in [1.82, 2.24) is 0 Å². The Labute approximate surface area is 191 Å². The van der Waals surface area contributed by atoms with Crippen molar-refractivity contribution < 1.29 is 10.2 Å². The maximum atomic E-state index is 10.4. The first-order valence-electron chi connectivity index (χ1n) is 10.7. The highest BCUT2D eigenvalue weighted by Crippen LogP contribution is 2.30. The first kappa shape index (κ1) is 20.5. The molecule has 0 fully saturated rings. The summed E-state index contributed by atoms with van der Waals surface area (Å²) in [6, 6.07) is 28.7. The van der Waals surface area contributed by atoms with Gasteiger partial charge >= 0.3 is 0 Å².